The molecule has 4 unspecified atom stereocenters. The fraction of sp³-hybridized carbons (Fsp3) is 0.769. The molecule has 0 aromatic rings. The van der Waals surface area contributed by atoms with Crippen molar-refractivity contribution in [3.8, 4) is 0 Å². The van der Waals surface area contributed by atoms with Gasteiger partial charge in [0.25, 0.3) is 0 Å². The van der Waals surface area contributed by atoms with Crippen molar-refractivity contribution in [1.82, 2.24) is 0 Å². The SMILES string of the molecule is O=C1OC23CC(=C1C(F)(F)F)CC2SC1CCCC1S3. The molecule has 2 heterocycles. The Bertz CT molecular complexity index is 516. The third-order valence-corrected chi connectivity index (χ3v) is 8.46. The average Bonchev–Trinajstić information content (AvgIpc) is 2.83. The summed E-state index contributed by atoms with van der Waals surface area (Å²) in [4.78, 5) is 11.1. The molecule has 4 aliphatic rings. The van der Waals surface area contributed by atoms with Crippen molar-refractivity contribution in [3.63, 3.8) is 0 Å². The summed E-state index contributed by atoms with van der Waals surface area (Å²) < 4.78 is 44.3. The van der Waals surface area contributed by atoms with Crippen molar-refractivity contribution >= 4 is 29.5 Å². The second-order valence-electron chi connectivity index (χ2n) is 5.81. The van der Waals surface area contributed by atoms with E-state index in [1.165, 1.54) is 6.42 Å². The Kier molecular flexibility index (Phi) is 2.76. The van der Waals surface area contributed by atoms with E-state index in [1.807, 2.05) is 0 Å². The van der Waals surface area contributed by atoms with E-state index in [-0.39, 0.29) is 17.2 Å². The van der Waals surface area contributed by atoms with E-state index in [0.29, 0.717) is 16.9 Å². The molecule has 4 atom stereocenters. The molecule has 2 saturated carbocycles. The molecule has 1 spiro atoms. The average molecular weight is 322 g/mol. The zero-order valence-corrected chi connectivity index (χ0v) is 12.2. The molecule has 2 aliphatic carbocycles. The maximum absolute atomic E-state index is 13.0. The van der Waals surface area contributed by atoms with E-state index in [0.717, 1.165) is 12.8 Å². The molecule has 0 N–H and O–H groups in total. The predicted octanol–water partition coefficient (Wildman–Crippen LogP) is 3.66. The number of fused-ring (bicyclic) bond motifs is 2. The third kappa shape index (κ3) is 1.78. The van der Waals surface area contributed by atoms with Gasteiger partial charge < -0.3 is 4.74 Å². The van der Waals surface area contributed by atoms with Gasteiger partial charge in [0.2, 0.25) is 0 Å². The first-order valence-corrected chi connectivity index (χ1v) is 8.57. The van der Waals surface area contributed by atoms with Crippen LogP contribution in [0, 0.1) is 0 Å². The highest BCUT2D eigenvalue weighted by molar-refractivity contribution is 8.08. The van der Waals surface area contributed by atoms with E-state index >= 15 is 0 Å². The minimum absolute atomic E-state index is 0.00866. The van der Waals surface area contributed by atoms with Crippen LogP contribution in [0.4, 0.5) is 13.2 Å². The smallest absolute Gasteiger partial charge is 0.423 e. The van der Waals surface area contributed by atoms with Crippen LogP contribution in [0.5, 0.6) is 0 Å². The maximum atomic E-state index is 13.0. The Balaban J connectivity index is 1.72. The van der Waals surface area contributed by atoms with Crippen molar-refractivity contribution in [3.05, 3.63) is 11.1 Å². The van der Waals surface area contributed by atoms with Gasteiger partial charge in [-0.25, -0.2) is 4.79 Å². The zero-order chi connectivity index (χ0) is 14.1. The van der Waals surface area contributed by atoms with Crippen molar-refractivity contribution in [2.75, 3.05) is 0 Å². The second kappa shape index (κ2) is 4.12. The van der Waals surface area contributed by atoms with Gasteiger partial charge in [-0.05, 0) is 24.8 Å². The number of esters is 1. The number of ether oxygens (including phenoxy) is 1. The minimum atomic E-state index is -4.59. The number of hydrogen-bond donors (Lipinski definition) is 0. The molecule has 2 bridgehead atoms. The summed E-state index contributed by atoms with van der Waals surface area (Å²) in [7, 11) is 0. The number of hydrogen-bond acceptors (Lipinski definition) is 4. The molecule has 2 nitrogen and oxygen atoms in total. The van der Waals surface area contributed by atoms with Crippen LogP contribution in [-0.4, -0.2) is 32.8 Å². The Morgan fingerprint density at radius 2 is 2.00 bits per heavy atom. The first-order chi connectivity index (χ1) is 9.39. The van der Waals surface area contributed by atoms with Crippen LogP contribution < -0.4 is 0 Å². The van der Waals surface area contributed by atoms with Gasteiger partial charge >= 0.3 is 12.1 Å². The fourth-order valence-electron chi connectivity index (χ4n) is 3.77. The number of rotatable bonds is 0. The molecule has 110 valence electrons. The van der Waals surface area contributed by atoms with Crippen molar-refractivity contribution in [1.29, 1.82) is 0 Å². The van der Waals surface area contributed by atoms with Crippen molar-refractivity contribution in [2.45, 2.75) is 59.0 Å². The Labute approximate surface area is 122 Å². The van der Waals surface area contributed by atoms with Crippen LogP contribution in [0.1, 0.15) is 32.1 Å². The summed E-state index contributed by atoms with van der Waals surface area (Å²) in [5.41, 5.74) is -0.775. The first-order valence-electron chi connectivity index (χ1n) is 6.75. The Morgan fingerprint density at radius 1 is 1.25 bits per heavy atom. The molecular formula is C13H13F3O2S2. The minimum Gasteiger partial charge on any atom is -0.443 e. The number of carbonyl (C=O) groups excluding carboxylic acids is 1. The van der Waals surface area contributed by atoms with E-state index in [9.17, 15) is 18.0 Å². The standard InChI is InChI=1S/C13H13F3O2S2/c14-13(15,16)10-6-4-9-12(5-6,18-11(10)17)20-8-3-1-2-7(8)19-9/h7-9H,1-5H2. The lowest BCUT2D eigenvalue weighted by molar-refractivity contribution is -0.159. The molecule has 2 aliphatic heterocycles. The molecule has 0 amide bonds. The monoisotopic (exact) mass is 322 g/mol. The number of alkyl halides is 3. The molecule has 20 heavy (non-hydrogen) atoms. The van der Waals surface area contributed by atoms with E-state index < -0.39 is 22.7 Å². The van der Waals surface area contributed by atoms with E-state index in [4.69, 9.17) is 4.74 Å². The molecule has 0 aromatic carbocycles. The quantitative estimate of drug-likeness (QED) is 0.636. The van der Waals surface area contributed by atoms with Gasteiger partial charge in [-0.15, -0.1) is 23.5 Å². The highest BCUT2D eigenvalue weighted by Gasteiger charge is 2.62. The van der Waals surface area contributed by atoms with Crippen LogP contribution in [0.3, 0.4) is 0 Å². The van der Waals surface area contributed by atoms with Gasteiger partial charge in [0, 0.05) is 16.9 Å². The Morgan fingerprint density at radius 3 is 2.75 bits per heavy atom. The highest BCUT2D eigenvalue weighted by Crippen LogP contribution is 2.63. The second-order valence-corrected chi connectivity index (χ2v) is 8.79. The maximum Gasteiger partial charge on any atom is 0.423 e. The van der Waals surface area contributed by atoms with Crippen LogP contribution in [0.25, 0.3) is 0 Å². The molecule has 0 aromatic heterocycles. The molecule has 1 saturated heterocycles. The summed E-state index contributed by atoms with van der Waals surface area (Å²) in [6.07, 6.45) is -0.594. The topological polar surface area (TPSA) is 26.3 Å². The molecular weight excluding hydrogens is 309 g/mol. The van der Waals surface area contributed by atoms with E-state index in [2.05, 4.69) is 0 Å². The van der Waals surface area contributed by atoms with E-state index in [1.54, 1.807) is 23.5 Å². The van der Waals surface area contributed by atoms with Crippen LogP contribution >= 0.6 is 23.5 Å². The van der Waals surface area contributed by atoms with Crippen LogP contribution in [-0.2, 0) is 9.53 Å². The van der Waals surface area contributed by atoms with Gasteiger partial charge in [-0.3, -0.25) is 0 Å². The fourth-order valence-corrected chi connectivity index (χ4v) is 7.83. The lowest BCUT2D eigenvalue weighted by Crippen LogP contribution is -2.46. The number of carbonyl (C=O) groups is 1. The van der Waals surface area contributed by atoms with Crippen LogP contribution in [0.15, 0.2) is 11.1 Å². The molecule has 7 heteroatoms. The van der Waals surface area contributed by atoms with Gasteiger partial charge in [0.15, 0.2) is 4.93 Å². The first kappa shape index (κ1) is 13.4. The molecule has 4 rings (SSSR count). The van der Waals surface area contributed by atoms with Crippen LogP contribution in [0.2, 0.25) is 0 Å². The van der Waals surface area contributed by atoms with Gasteiger partial charge in [-0.1, -0.05) is 6.42 Å². The normalized spacial score (nSPS) is 43.4. The molecule has 0 radical (unpaired) electrons. The van der Waals surface area contributed by atoms with Gasteiger partial charge in [-0.2, -0.15) is 13.2 Å². The molecule has 3 fully saturated rings. The number of halogens is 3. The zero-order valence-electron chi connectivity index (χ0n) is 10.5. The summed E-state index contributed by atoms with van der Waals surface area (Å²) in [6.45, 7) is 0. The summed E-state index contributed by atoms with van der Waals surface area (Å²) in [5.74, 6) is -1.16. The lowest BCUT2D eigenvalue weighted by Gasteiger charge is -2.43. The highest BCUT2D eigenvalue weighted by atomic mass is 32.2. The lowest BCUT2D eigenvalue weighted by atomic mass is 10.0. The Hall–Kier alpha value is -0.300. The predicted molar refractivity (Wildman–Crippen MR) is 71.5 cm³/mol. The van der Waals surface area contributed by atoms with Crippen molar-refractivity contribution in [2.24, 2.45) is 0 Å². The van der Waals surface area contributed by atoms with Gasteiger partial charge in [0.1, 0.15) is 5.57 Å². The summed E-state index contributed by atoms with van der Waals surface area (Å²) >= 11 is 3.38. The third-order valence-electron chi connectivity index (χ3n) is 4.57. The van der Waals surface area contributed by atoms with Gasteiger partial charge in [0.05, 0.1) is 5.25 Å². The summed E-state index contributed by atoms with van der Waals surface area (Å²) in [6, 6.07) is 0. The summed E-state index contributed by atoms with van der Waals surface area (Å²) in [5, 5.41) is 0.935. The number of thioether (sulfide) groups is 2. The largest absolute Gasteiger partial charge is 0.443 e. The van der Waals surface area contributed by atoms with Crippen molar-refractivity contribution < 1.29 is 22.7 Å².